The molecule has 0 atom stereocenters. The lowest BCUT2D eigenvalue weighted by Gasteiger charge is -2.10. The van der Waals surface area contributed by atoms with Gasteiger partial charge in [-0.3, -0.25) is 74.8 Å². The fraction of sp³-hybridized carbons (Fsp3) is 0.107. The molecule has 0 saturated heterocycles. The van der Waals surface area contributed by atoms with Crippen LogP contribution >= 0.6 is 34.8 Å². The Morgan fingerprint density at radius 2 is 0.750 bits per heavy atom. The number of nitriles is 2. The second kappa shape index (κ2) is 78.9. The first-order valence-corrected chi connectivity index (χ1v) is 44.1. The fourth-order valence-corrected chi connectivity index (χ4v) is 8.97. The maximum absolute atomic E-state index is 11.9. The first-order chi connectivity index (χ1) is 69.0. The van der Waals surface area contributed by atoms with E-state index in [-0.39, 0.29) is 11.6 Å². The Kier molecular flexibility index (Phi) is 68.5. The standard InChI is InChI=1S/C7H10N2.3C6H4F3N.2C6H4N2.C6H7NO2S.2C6H7NO.3C6H7N.3C5H4ClN.3C5H4FN/c1-9(2)7-3-5-8-6-4-7;7-6(8,9)5-1-3-10-4-2-5;7-6(8,9)5-2-1-3-10-4-5;7-6(8,9)5-3-1-2-4-10-5;7-4-6-2-1-3-8-5-6;7-5-6-3-1-2-4-8-6;1-10(8,9)6-2-4-7-5-3-6;1-8-6-2-4-7-5-3-6;1-8-6-3-2-4-7-5-6;1-6-2-4-7-5-3-6;1-6-3-2-4-7-5-6;1-6-4-2-3-5-7-6;6-5-1-3-7-4-2-5;6-5-2-1-3-7-4-5;6-5-3-1-2-4-7-5;6-5-1-3-7-4-2-5;6-5-2-1-3-7-4-5;6-5-3-1-2-4-7-5/h3-6H,1-2H3;3*1-4H;1-3,5H;1-4H;2-5H,1H3;2*2-5H,1H3;3*2-5H,1H3;6*1-4H. The quantitative estimate of drug-likeness (QED) is 0.117. The van der Waals surface area contributed by atoms with E-state index >= 15 is 0 Å². The summed E-state index contributed by atoms with van der Waals surface area (Å²) in [5.74, 6) is 0.688. The number of methoxy groups -OCH3 is 2. The van der Waals surface area contributed by atoms with Gasteiger partial charge in [-0.25, -0.2) is 32.2 Å². The van der Waals surface area contributed by atoms with Crippen molar-refractivity contribution in [3.63, 3.8) is 0 Å². The Bertz CT molecular complexity index is 5530. The number of nitrogens with zero attached hydrogens (tertiary/aromatic N) is 21. The van der Waals surface area contributed by atoms with Crippen molar-refractivity contribution in [1.82, 2.24) is 89.7 Å². The van der Waals surface area contributed by atoms with Crippen LogP contribution in [0.15, 0.2) is 446 Å². The zero-order valence-corrected chi connectivity index (χ0v) is 81.3. The van der Waals surface area contributed by atoms with E-state index in [0.717, 1.165) is 71.3 Å². The normalized spacial score (nSPS) is 9.40. The van der Waals surface area contributed by atoms with Crippen LogP contribution in [0.2, 0.25) is 15.2 Å². The van der Waals surface area contributed by atoms with Crippen molar-refractivity contribution in [2.75, 3.05) is 39.5 Å². The third-order valence-corrected chi connectivity index (χ3v) is 16.6. The number of anilines is 1. The lowest BCUT2D eigenvalue weighted by atomic mass is 10.3. The van der Waals surface area contributed by atoms with Crippen molar-refractivity contribution in [2.24, 2.45) is 0 Å². The number of ether oxygens (including phenoxy) is 2. The van der Waals surface area contributed by atoms with Crippen molar-refractivity contribution in [3.05, 3.63) is 519 Å². The van der Waals surface area contributed by atoms with E-state index in [1.807, 2.05) is 137 Å². The van der Waals surface area contributed by atoms with Crippen LogP contribution in [-0.2, 0) is 28.4 Å². The van der Waals surface area contributed by atoms with Crippen LogP contribution in [0.25, 0.3) is 0 Å². The van der Waals surface area contributed by atoms with Crippen LogP contribution in [-0.4, -0.2) is 133 Å². The predicted molar refractivity (Wildman–Crippen MR) is 530 cm³/mol. The summed E-state index contributed by atoms with van der Waals surface area (Å²) < 4.78 is 173. The Morgan fingerprint density at radius 3 is 0.958 bits per heavy atom. The number of halogens is 15. The van der Waals surface area contributed by atoms with Crippen molar-refractivity contribution in [1.29, 1.82) is 10.5 Å². The van der Waals surface area contributed by atoms with E-state index in [0.29, 0.717) is 26.3 Å². The van der Waals surface area contributed by atoms with E-state index in [1.165, 1.54) is 133 Å². The third kappa shape index (κ3) is 72.4. The van der Waals surface area contributed by atoms with Crippen LogP contribution in [0.4, 0.5) is 58.4 Å². The summed E-state index contributed by atoms with van der Waals surface area (Å²) in [7, 11) is 4.23. The van der Waals surface area contributed by atoms with E-state index in [4.69, 9.17) is 54.8 Å². The Morgan fingerprint density at radius 1 is 0.319 bits per heavy atom. The van der Waals surface area contributed by atoms with E-state index in [1.54, 1.807) is 211 Å². The number of hydrogen-bond acceptors (Lipinski definition) is 25. The molecule has 0 radical (unpaired) electrons. The van der Waals surface area contributed by atoms with Crippen LogP contribution in [0.1, 0.15) is 44.9 Å². The summed E-state index contributed by atoms with van der Waals surface area (Å²) in [6.07, 6.45) is 35.9. The molecule has 0 unspecified atom stereocenters. The molecule has 144 heavy (non-hydrogen) atoms. The van der Waals surface area contributed by atoms with Crippen molar-refractivity contribution >= 4 is 50.3 Å². The molecule has 41 heteroatoms. The average Bonchev–Trinajstić information content (AvgIpc) is 0.887. The largest absolute Gasteiger partial charge is 0.497 e. The Hall–Kier alpha value is -16.9. The van der Waals surface area contributed by atoms with E-state index in [2.05, 4.69) is 89.7 Å². The number of sulfone groups is 1. The molecular weight excluding hydrogens is 1960 g/mol. The Balaban J connectivity index is 0.000000763. The SMILES string of the molecule is CN(C)c1ccncc1.COc1cccnc1.COc1ccncc1.CS(=O)(=O)c1ccncc1.Cc1ccccn1.Cc1cccnc1.Cc1ccncc1.Clc1ccccn1.Clc1cccnc1.Clc1ccncc1.FC(F)(F)c1ccccn1.FC(F)(F)c1cccnc1.FC(F)(F)c1ccncc1.Fc1ccccn1.Fc1cccnc1.Fc1ccncc1.N#Cc1ccccn1.N#Cc1cccnc1. The van der Waals surface area contributed by atoms with Crippen LogP contribution in [0.5, 0.6) is 11.5 Å². The van der Waals surface area contributed by atoms with Crippen LogP contribution in [0, 0.1) is 61.0 Å². The number of aromatic nitrogens is 18. The molecule has 18 aromatic rings. The van der Waals surface area contributed by atoms with Gasteiger partial charge < -0.3 is 14.4 Å². The van der Waals surface area contributed by atoms with Gasteiger partial charge in [0.05, 0.1) is 53.2 Å². The van der Waals surface area contributed by atoms with Gasteiger partial charge in [0.15, 0.2) is 9.84 Å². The zero-order chi connectivity index (χ0) is 106. The number of alkyl halides is 9. The Labute approximate surface area is 841 Å². The van der Waals surface area contributed by atoms with Gasteiger partial charge in [-0.05, 0) is 244 Å². The molecule has 0 saturated carbocycles. The summed E-state index contributed by atoms with van der Waals surface area (Å²) in [4.78, 5) is 68.4. The molecule has 0 aliphatic rings. The maximum atomic E-state index is 11.9. The first-order valence-electron chi connectivity index (χ1n) is 41.1. The maximum Gasteiger partial charge on any atom is 0.433 e. The lowest BCUT2D eigenvalue weighted by molar-refractivity contribution is -0.141. The number of pyridine rings is 18. The monoisotopic (exact) mass is 2060 g/mol. The number of rotatable bonds is 4. The molecule has 0 aliphatic heterocycles. The second-order valence-corrected chi connectivity index (χ2v) is 29.5. The molecule has 25 nitrogen and oxygen atoms in total. The molecule has 0 aliphatic carbocycles. The van der Waals surface area contributed by atoms with Crippen LogP contribution in [0.3, 0.4) is 0 Å². The predicted octanol–water partition coefficient (Wildman–Crippen LogP) is 25.1. The molecule has 0 N–H and O–H groups in total. The summed E-state index contributed by atoms with van der Waals surface area (Å²) in [6.45, 7) is 6.04. The van der Waals surface area contributed by atoms with Gasteiger partial charge in [0.2, 0.25) is 5.95 Å². The van der Waals surface area contributed by atoms with Gasteiger partial charge in [0, 0.05) is 216 Å². The number of hydrogen-bond donors (Lipinski definition) is 0. The molecule has 0 spiro atoms. The smallest absolute Gasteiger partial charge is 0.433 e. The molecule has 18 heterocycles. The molecule has 0 fully saturated rings. The minimum atomic E-state index is -4.32. The van der Waals surface area contributed by atoms with Crippen molar-refractivity contribution in [3.8, 4) is 23.6 Å². The summed E-state index contributed by atoms with van der Waals surface area (Å²) in [6, 6.07) is 70.8. The summed E-state index contributed by atoms with van der Waals surface area (Å²) >= 11 is 16.4. The average molecular weight is 2060 g/mol. The second-order valence-electron chi connectivity index (χ2n) is 26.2. The third-order valence-electron chi connectivity index (χ3n) is 14.8. The van der Waals surface area contributed by atoms with Gasteiger partial charge in [-0.15, -0.1) is 0 Å². The van der Waals surface area contributed by atoms with Gasteiger partial charge in [-0.2, -0.15) is 54.4 Å². The van der Waals surface area contributed by atoms with Crippen molar-refractivity contribution < 1.29 is 70.6 Å². The highest BCUT2D eigenvalue weighted by molar-refractivity contribution is 7.90. The minimum absolute atomic E-state index is 0.241. The minimum Gasteiger partial charge on any atom is -0.497 e. The highest BCUT2D eigenvalue weighted by Gasteiger charge is 2.32. The molecule has 0 aromatic carbocycles. The fourth-order valence-electron chi connectivity index (χ4n) is 7.99. The highest BCUT2D eigenvalue weighted by Crippen LogP contribution is 2.29. The van der Waals surface area contributed by atoms with E-state index < -0.39 is 51.1 Å². The highest BCUT2D eigenvalue weighted by atomic mass is 35.5. The topological polar surface area (TPSA) is 335 Å². The molecule has 18 rings (SSSR count). The molecule has 0 amide bonds. The number of aryl methyl sites for hydroxylation is 3. The van der Waals surface area contributed by atoms with Crippen molar-refractivity contribution in [2.45, 2.75) is 44.2 Å². The van der Waals surface area contributed by atoms with E-state index in [9.17, 15) is 61.1 Å². The van der Waals surface area contributed by atoms with Crippen LogP contribution < -0.4 is 14.4 Å². The summed E-state index contributed by atoms with van der Waals surface area (Å²) in [5.41, 5.74) is 3.57. The molecular formula is C103H96Cl3F12N21O4S. The van der Waals surface area contributed by atoms with Gasteiger partial charge in [-0.1, -0.05) is 71.2 Å². The zero-order valence-electron chi connectivity index (χ0n) is 78.2. The first kappa shape index (κ1) is 125. The molecule has 18 aromatic heterocycles. The molecule has 748 valence electrons. The summed E-state index contributed by atoms with van der Waals surface area (Å²) in [5, 5.41) is 18.4. The van der Waals surface area contributed by atoms with Gasteiger partial charge >= 0.3 is 18.5 Å². The van der Waals surface area contributed by atoms with Gasteiger partial charge in [0.1, 0.15) is 51.8 Å². The van der Waals surface area contributed by atoms with Gasteiger partial charge in [0.25, 0.3) is 0 Å². The lowest BCUT2D eigenvalue weighted by Crippen LogP contribution is -2.07. The molecule has 0 bridgehead atoms.